The van der Waals surface area contributed by atoms with E-state index < -0.39 is 15.7 Å². The molecule has 28 heavy (non-hydrogen) atoms. The first-order valence-electron chi connectivity index (χ1n) is 8.94. The molecule has 0 radical (unpaired) electrons. The zero-order chi connectivity index (χ0) is 20.5. The summed E-state index contributed by atoms with van der Waals surface area (Å²) in [4.78, 5) is 25.9. The predicted octanol–water partition coefficient (Wildman–Crippen LogP) is 3.36. The molecule has 6 nitrogen and oxygen atoms in total. The number of carbonyl (C=O) groups excluding carboxylic acids is 2. The number of sulfone groups is 1. The molecule has 2 aromatic rings. The molecule has 0 saturated carbocycles. The lowest BCUT2D eigenvalue weighted by molar-refractivity contribution is -0.117. The topological polar surface area (TPSA) is 83.6 Å². The van der Waals surface area contributed by atoms with Crippen molar-refractivity contribution in [3.63, 3.8) is 0 Å². The van der Waals surface area contributed by atoms with Crippen LogP contribution in [0.25, 0.3) is 0 Å². The standard InChI is InChI=1S/C20H21ClN2O4S/c1-3-23-18-8-7-15(11-14(18)12-20(23)25)28(26,27)10-9-19(24)22-17-6-4-5-16(21)13(17)2/h4-8,11H,3,9-10,12H2,1-2H3,(H,22,24). The Balaban J connectivity index is 1.69. The maximum absolute atomic E-state index is 12.6. The fourth-order valence-electron chi connectivity index (χ4n) is 3.20. The van der Waals surface area contributed by atoms with Crippen molar-refractivity contribution in [3.05, 3.63) is 52.5 Å². The average Bonchev–Trinajstić information content (AvgIpc) is 2.98. The van der Waals surface area contributed by atoms with Crippen LogP contribution in [-0.4, -0.2) is 32.5 Å². The van der Waals surface area contributed by atoms with Gasteiger partial charge in [0.15, 0.2) is 9.84 Å². The molecule has 0 saturated heterocycles. The van der Waals surface area contributed by atoms with Gasteiger partial charge in [0.05, 0.1) is 17.1 Å². The zero-order valence-corrected chi connectivity index (χ0v) is 17.2. The summed E-state index contributed by atoms with van der Waals surface area (Å²) in [6, 6.07) is 9.84. The number of fused-ring (bicyclic) bond motifs is 1. The van der Waals surface area contributed by atoms with Gasteiger partial charge >= 0.3 is 0 Å². The number of amides is 2. The van der Waals surface area contributed by atoms with Gasteiger partial charge in [0.2, 0.25) is 11.8 Å². The Morgan fingerprint density at radius 2 is 2.00 bits per heavy atom. The van der Waals surface area contributed by atoms with Crippen molar-refractivity contribution in [2.75, 3.05) is 22.5 Å². The van der Waals surface area contributed by atoms with Gasteiger partial charge in [-0.05, 0) is 55.3 Å². The number of rotatable bonds is 6. The third-order valence-electron chi connectivity index (χ3n) is 4.80. The lowest BCUT2D eigenvalue weighted by Crippen LogP contribution is -2.25. The Hall–Kier alpha value is -2.38. The van der Waals surface area contributed by atoms with Crippen LogP contribution in [0.4, 0.5) is 11.4 Å². The van der Waals surface area contributed by atoms with Crippen molar-refractivity contribution in [1.29, 1.82) is 0 Å². The molecule has 0 spiro atoms. The summed E-state index contributed by atoms with van der Waals surface area (Å²) in [6.07, 6.45) is 0.0203. The van der Waals surface area contributed by atoms with E-state index in [4.69, 9.17) is 11.6 Å². The Morgan fingerprint density at radius 3 is 2.71 bits per heavy atom. The molecule has 0 atom stereocenters. The number of halogens is 1. The Morgan fingerprint density at radius 1 is 1.25 bits per heavy atom. The van der Waals surface area contributed by atoms with E-state index in [1.54, 1.807) is 36.1 Å². The van der Waals surface area contributed by atoms with Crippen LogP contribution in [0.2, 0.25) is 5.02 Å². The highest BCUT2D eigenvalue weighted by Crippen LogP contribution is 2.31. The van der Waals surface area contributed by atoms with E-state index in [0.717, 1.165) is 11.3 Å². The van der Waals surface area contributed by atoms with Crippen LogP contribution in [0.3, 0.4) is 0 Å². The zero-order valence-electron chi connectivity index (χ0n) is 15.7. The number of likely N-dealkylation sites (N-methyl/N-ethyl adjacent to an activating group) is 1. The number of nitrogens with one attached hydrogen (secondary N) is 1. The Kier molecular flexibility index (Phi) is 5.76. The van der Waals surface area contributed by atoms with Crippen LogP contribution in [-0.2, 0) is 25.8 Å². The summed E-state index contributed by atoms with van der Waals surface area (Å²) < 4.78 is 25.3. The van der Waals surface area contributed by atoms with Crippen molar-refractivity contribution < 1.29 is 18.0 Å². The molecule has 1 aliphatic heterocycles. The molecule has 1 aliphatic rings. The van der Waals surface area contributed by atoms with E-state index in [-0.39, 0.29) is 29.4 Å². The number of carbonyl (C=O) groups is 2. The average molecular weight is 421 g/mol. The molecule has 0 aromatic heterocycles. The van der Waals surface area contributed by atoms with E-state index in [0.29, 0.717) is 22.8 Å². The second kappa shape index (κ2) is 7.93. The number of anilines is 2. The van der Waals surface area contributed by atoms with Gasteiger partial charge in [0, 0.05) is 29.4 Å². The first-order valence-corrected chi connectivity index (χ1v) is 11.0. The van der Waals surface area contributed by atoms with Gasteiger partial charge in [-0.25, -0.2) is 8.42 Å². The fraction of sp³-hybridized carbons (Fsp3) is 0.300. The van der Waals surface area contributed by atoms with E-state index in [1.165, 1.54) is 12.1 Å². The van der Waals surface area contributed by atoms with Crippen LogP contribution in [0.15, 0.2) is 41.3 Å². The van der Waals surface area contributed by atoms with Gasteiger partial charge in [-0.3, -0.25) is 9.59 Å². The minimum absolute atomic E-state index is 0.0386. The molecular formula is C20H21ClN2O4S. The Labute approximate surface area is 169 Å². The van der Waals surface area contributed by atoms with Gasteiger partial charge in [-0.1, -0.05) is 17.7 Å². The van der Waals surface area contributed by atoms with Crippen molar-refractivity contribution >= 4 is 44.6 Å². The predicted molar refractivity (Wildman–Crippen MR) is 110 cm³/mol. The molecule has 0 aliphatic carbocycles. The van der Waals surface area contributed by atoms with Gasteiger partial charge in [-0.2, -0.15) is 0 Å². The molecule has 0 fully saturated rings. The van der Waals surface area contributed by atoms with Crippen molar-refractivity contribution in [2.24, 2.45) is 0 Å². The summed E-state index contributed by atoms with van der Waals surface area (Å²) in [5.41, 5.74) is 2.74. The summed E-state index contributed by atoms with van der Waals surface area (Å²) in [7, 11) is -3.65. The van der Waals surface area contributed by atoms with Gasteiger partial charge in [0.25, 0.3) is 0 Å². The lowest BCUT2D eigenvalue weighted by Gasteiger charge is -2.14. The summed E-state index contributed by atoms with van der Waals surface area (Å²) in [5.74, 6) is -0.756. The molecular weight excluding hydrogens is 400 g/mol. The number of hydrogen-bond acceptors (Lipinski definition) is 4. The largest absolute Gasteiger partial charge is 0.326 e. The normalized spacial score (nSPS) is 13.5. The number of benzene rings is 2. The van der Waals surface area contributed by atoms with Crippen LogP contribution in [0.5, 0.6) is 0 Å². The van der Waals surface area contributed by atoms with Crippen LogP contribution in [0, 0.1) is 6.92 Å². The molecule has 2 amide bonds. The van der Waals surface area contributed by atoms with Crippen molar-refractivity contribution in [3.8, 4) is 0 Å². The number of nitrogens with zero attached hydrogens (tertiary/aromatic N) is 1. The molecule has 0 bridgehead atoms. The maximum Gasteiger partial charge on any atom is 0.231 e. The van der Waals surface area contributed by atoms with Crippen LogP contribution >= 0.6 is 11.6 Å². The maximum atomic E-state index is 12.6. The minimum Gasteiger partial charge on any atom is -0.326 e. The highest BCUT2D eigenvalue weighted by atomic mass is 35.5. The third-order valence-corrected chi connectivity index (χ3v) is 6.92. The molecule has 1 heterocycles. The second-order valence-corrected chi connectivity index (χ2v) is 9.15. The number of hydrogen-bond donors (Lipinski definition) is 1. The highest BCUT2D eigenvalue weighted by molar-refractivity contribution is 7.91. The monoisotopic (exact) mass is 420 g/mol. The van der Waals surface area contributed by atoms with Crippen LogP contribution in [0.1, 0.15) is 24.5 Å². The van der Waals surface area contributed by atoms with E-state index in [1.807, 2.05) is 6.92 Å². The molecule has 8 heteroatoms. The summed E-state index contributed by atoms with van der Waals surface area (Å²) >= 11 is 6.03. The van der Waals surface area contributed by atoms with Crippen molar-refractivity contribution in [2.45, 2.75) is 31.6 Å². The summed E-state index contributed by atoms with van der Waals surface area (Å²) in [6.45, 7) is 4.19. The molecule has 3 rings (SSSR count). The van der Waals surface area contributed by atoms with Gasteiger partial charge in [0.1, 0.15) is 0 Å². The third kappa shape index (κ3) is 4.05. The molecule has 1 N–H and O–H groups in total. The quantitative estimate of drug-likeness (QED) is 0.776. The Bertz CT molecular complexity index is 1050. The fourth-order valence-corrected chi connectivity index (χ4v) is 4.66. The van der Waals surface area contributed by atoms with Gasteiger partial charge in [-0.15, -0.1) is 0 Å². The molecule has 2 aromatic carbocycles. The molecule has 148 valence electrons. The van der Waals surface area contributed by atoms with Gasteiger partial charge < -0.3 is 10.2 Å². The lowest BCUT2D eigenvalue weighted by atomic mass is 10.2. The van der Waals surface area contributed by atoms with E-state index in [9.17, 15) is 18.0 Å². The first kappa shape index (κ1) is 20.4. The van der Waals surface area contributed by atoms with Crippen molar-refractivity contribution in [1.82, 2.24) is 0 Å². The smallest absolute Gasteiger partial charge is 0.231 e. The minimum atomic E-state index is -3.65. The second-order valence-electron chi connectivity index (χ2n) is 6.63. The highest BCUT2D eigenvalue weighted by Gasteiger charge is 2.28. The van der Waals surface area contributed by atoms with Crippen LogP contribution < -0.4 is 10.2 Å². The SMILES string of the molecule is CCN1C(=O)Cc2cc(S(=O)(=O)CCC(=O)Nc3cccc(Cl)c3C)ccc21. The molecule has 0 unspecified atom stereocenters. The first-order chi connectivity index (χ1) is 13.2. The van der Waals surface area contributed by atoms with E-state index >= 15 is 0 Å². The summed E-state index contributed by atoms with van der Waals surface area (Å²) in [5, 5.41) is 3.22. The van der Waals surface area contributed by atoms with E-state index in [2.05, 4.69) is 5.32 Å².